The lowest BCUT2D eigenvalue weighted by atomic mass is 10.0. The normalized spacial score (nSPS) is 22.5. The zero-order valence-electron chi connectivity index (χ0n) is 14.4. The number of aromatic nitrogens is 1. The second kappa shape index (κ2) is 6.06. The van der Waals surface area contributed by atoms with Gasteiger partial charge >= 0.3 is 0 Å². The van der Waals surface area contributed by atoms with Crippen LogP contribution in [0.25, 0.3) is 11.0 Å². The number of anilines is 1. The van der Waals surface area contributed by atoms with Crippen molar-refractivity contribution in [3.63, 3.8) is 0 Å². The van der Waals surface area contributed by atoms with E-state index in [0.717, 1.165) is 39.4 Å². The van der Waals surface area contributed by atoms with Crippen LogP contribution in [0.5, 0.6) is 0 Å². The lowest BCUT2D eigenvalue weighted by Gasteiger charge is -2.32. The Bertz CT molecular complexity index is 966. The van der Waals surface area contributed by atoms with Gasteiger partial charge in [-0.2, -0.15) is 0 Å². The zero-order valence-corrected chi connectivity index (χ0v) is 15.2. The highest BCUT2D eigenvalue weighted by Crippen LogP contribution is 2.35. The third-order valence-corrected chi connectivity index (χ3v) is 6.43. The van der Waals surface area contributed by atoms with Gasteiger partial charge in [0.25, 0.3) is 0 Å². The minimum Gasteiger partial charge on any atom is -0.464 e. The van der Waals surface area contributed by atoms with Crippen LogP contribution in [0.1, 0.15) is 28.0 Å². The first-order valence-electron chi connectivity index (χ1n) is 8.99. The lowest BCUT2D eigenvalue weighted by Crippen LogP contribution is -2.53. The summed E-state index contributed by atoms with van der Waals surface area (Å²) in [6, 6.07) is 4.38. The van der Waals surface area contributed by atoms with Gasteiger partial charge in [0, 0.05) is 36.7 Å². The summed E-state index contributed by atoms with van der Waals surface area (Å²) in [5, 5.41) is 25.6. The van der Waals surface area contributed by atoms with Crippen molar-refractivity contribution in [2.45, 2.75) is 38.1 Å². The Morgan fingerprint density at radius 2 is 2.15 bits per heavy atom. The Hall–Kier alpha value is -1.93. The number of nitrogens with zero attached hydrogens (tertiary/aromatic N) is 2. The molecule has 0 spiro atoms. The number of benzene rings is 1. The Labute approximate surface area is 155 Å². The van der Waals surface area contributed by atoms with E-state index in [9.17, 15) is 10.2 Å². The molecule has 2 aliphatic rings. The fourth-order valence-corrected chi connectivity index (χ4v) is 4.97. The average molecular weight is 371 g/mol. The minimum atomic E-state index is -1.21. The number of thiazole rings is 1. The molecule has 1 fully saturated rings. The fraction of sp³-hybridized carbons (Fsp3) is 0.421. The Morgan fingerprint density at radius 1 is 1.31 bits per heavy atom. The number of nitrogens with one attached hydrogen (secondary N) is 1. The number of furan rings is 1. The van der Waals surface area contributed by atoms with Gasteiger partial charge in [-0.3, -0.25) is 5.32 Å². The van der Waals surface area contributed by atoms with Gasteiger partial charge in [-0.25, -0.2) is 4.98 Å². The number of hydrogen-bond acceptors (Lipinski definition) is 7. The molecule has 26 heavy (non-hydrogen) atoms. The third-order valence-electron chi connectivity index (χ3n) is 5.42. The highest BCUT2D eigenvalue weighted by Gasteiger charge is 2.41. The van der Waals surface area contributed by atoms with Gasteiger partial charge in [0.1, 0.15) is 5.58 Å². The summed E-state index contributed by atoms with van der Waals surface area (Å²) in [4.78, 5) is 7.03. The van der Waals surface area contributed by atoms with E-state index in [4.69, 9.17) is 4.42 Å². The minimum absolute atomic E-state index is 0.0329. The number of rotatable bonds is 4. The molecule has 0 bridgehead atoms. The molecule has 1 saturated heterocycles. The van der Waals surface area contributed by atoms with Crippen molar-refractivity contribution >= 4 is 27.4 Å². The smallest absolute Gasteiger partial charge is 0.201 e. The van der Waals surface area contributed by atoms with Crippen LogP contribution in [0.3, 0.4) is 0 Å². The lowest BCUT2D eigenvalue weighted by molar-refractivity contribution is 0.0287. The molecule has 2 aromatic heterocycles. The molecule has 1 aliphatic heterocycles. The number of aliphatic hydroxyl groups excluding tert-OH is 1. The van der Waals surface area contributed by atoms with Crippen LogP contribution in [0, 0.1) is 0 Å². The van der Waals surface area contributed by atoms with E-state index in [1.54, 1.807) is 12.5 Å². The molecule has 5 rings (SSSR count). The summed E-state index contributed by atoms with van der Waals surface area (Å²) in [5.74, 6) is -1.21. The SMILES string of the molecule is OCc1cnc(N2CCNC2(O)Cc2coc3cc4c(cc23)CCC4)s1. The summed E-state index contributed by atoms with van der Waals surface area (Å²) in [6.45, 7) is 1.31. The second-order valence-corrected chi connectivity index (χ2v) is 8.16. The molecule has 6 nitrogen and oxygen atoms in total. The molecule has 7 heteroatoms. The number of fused-ring (bicyclic) bond motifs is 2. The van der Waals surface area contributed by atoms with E-state index in [-0.39, 0.29) is 6.61 Å². The van der Waals surface area contributed by atoms with Crippen molar-refractivity contribution in [1.82, 2.24) is 10.3 Å². The largest absolute Gasteiger partial charge is 0.464 e. The summed E-state index contributed by atoms with van der Waals surface area (Å²) < 4.78 is 5.79. The molecular weight excluding hydrogens is 350 g/mol. The van der Waals surface area contributed by atoms with E-state index in [2.05, 4.69) is 22.4 Å². The second-order valence-electron chi connectivity index (χ2n) is 7.07. The number of aliphatic hydroxyl groups is 2. The number of hydrogen-bond donors (Lipinski definition) is 3. The molecule has 3 aromatic rings. The standard InChI is InChI=1S/C19H21N3O3S/c23-10-15-9-20-18(26-15)22-5-4-21-19(22,24)8-14-11-25-17-7-13-3-1-2-12(13)6-16(14)17/h6-7,9,11,21,23-24H,1-5,8,10H2. The molecule has 1 aliphatic carbocycles. The molecule has 1 unspecified atom stereocenters. The van der Waals surface area contributed by atoms with Gasteiger partial charge in [0.05, 0.1) is 17.7 Å². The highest BCUT2D eigenvalue weighted by atomic mass is 32.1. The highest BCUT2D eigenvalue weighted by molar-refractivity contribution is 7.15. The van der Waals surface area contributed by atoms with Crippen LogP contribution in [-0.4, -0.2) is 34.1 Å². The van der Waals surface area contributed by atoms with Crippen molar-refractivity contribution < 1.29 is 14.6 Å². The van der Waals surface area contributed by atoms with Gasteiger partial charge in [-0.1, -0.05) is 11.3 Å². The maximum Gasteiger partial charge on any atom is 0.201 e. The van der Waals surface area contributed by atoms with Crippen LogP contribution < -0.4 is 10.2 Å². The van der Waals surface area contributed by atoms with Crippen molar-refractivity contribution in [3.8, 4) is 0 Å². The van der Waals surface area contributed by atoms with Crippen molar-refractivity contribution in [1.29, 1.82) is 0 Å². The van der Waals surface area contributed by atoms with Crippen molar-refractivity contribution in [2.24, 2.45) is 0 Å². The molecule has 1 atom stereocenters. The average Bonchev–Trinajstić information content (AvgIpc) is 3.40. The van der Waals surface area contributed by atoms with E-state index in [1.807, 2.05) is 4.90 Å². The topological polar surface area (TPSA) is 81.8 Å². The maximum absolute atomic E-state index is 11.3. The van der Waals surface area contributed by atoms with E-state index in [1.165, 1.54) is 28.9 Å². The third kappa shape index (κ3) is 2.54. The quantitative estimate of drug-likeness (QED) is 0.652. The molecular formula is C19H21N3O3S. The van der Waals surface area contributed by atoms with Crippen LogP contribution in [0.2, 0.25) is 0 Å². The van der Waals surface area contributed by atoms with Crippen LogP contribution >= 0.6 is 11.3 Å². The predicted octanol–water partition coefficient (Wildman–Crippen LogP) is 2.17. The summed E-state index contributed by atoms with van der Waals surface area (Å²) in [7, 11) is 0. The monoisotopic (exact) mass is 371 g/mol. The molecule has 3 N–H and O–H groups in total. The summed E-state index contributed by atoms with van der Waals surface area (Å²) in [6.07, 6.45) is 7.28. The Morgan fingerprint density at radius 3 is 2.96 bits per heavy atom. The predicted molar refractivity (Wildman–Crippen MR) is 100 cm³/mol. The Balaban J connectivity index is 1.48. The Kier molecular flexibility index (Phi) is 3.79. The van der Waals surface area contributed by atoms with Gasteiger partial charge in [-0.15, -0.1) is 0 Å². The van der Waals surface area contributed by atoms with Gasteiger partial charge in [-0.05, 0) is 42.5 Å². The van der Waals surface area contributed by atoms with Crippen LogP contribution in [-0.2, 0) is 25.9 Å². The van der Waals surface area contributed by atoms with E-state index < -0.39 is 5.85 Å². The van der Waals surface area contributed by atoms with Gasteiger partial charge < -0.3 is 19.5 Å². The molecule has 0 radical (unpaired) electrons. The maximum atomic E-state index is 11.3. The zero-order chi connectivity index (χ0) is 17.7. The first-order chi connectivity index (χ1) is 12.7. The first-order valence-corrected chi connectivity index (χ1v) is 9.80. The molecule has 0 amide bonds. The van der Waals surface area contributed by atoms with Crippen molar-refractivity contribution in [3.05, 3.63) is 46.2 Å². The van der Waals surface area contributed by atoms with Crippen LogP contribution in [0.4, 0.5) is 5.13 Å². The molecule has 1 aromatic carbocycles. The van der Waals surface area contributed by atoms with E-state index in [0.29, 0.717) is 19.5 Å². The summed E-state index contributed by atoms with van der Waals surface area (Å²) >= 11 is 1.41. The first kappa shape index (κ1) is 16.3. The summed E-state index contributed by atoms with van der Waals surface area (Å²) in [5.41, 5.74) is 4.68. The van der Waals surface area contributed by atoms with Crippen molar-refractivity contribution in [2.75, 3.05) is 18.0 Å². The molecule has 3 heterocycles. The number of aryl methyl sites for hydroxylation is 2. The van der Waals surface area contributed by atoms with Crippen LogP contribution in [0.15, 0.2) is 29.0 Å². The molecule has 0 saturated carbocycles. The molecule has 136 valence electrons. The van der Waals surface area contributed by atoms with Gasteiger partial charge in [0.15, 0.2) is 5.13 Å². The van der Waals surface area contributed by atoms with Gasteiger partial charge in [0.2, 0.25) is 5.85 Å². The van der Waals surface area contributed by atoms with E-state index >= 15 is 0 Å². The fourth-order valence-electron chi connectivity index (χ4n) is 4.11.